The molecule has 1 aromatic rings. The predicted molar refractivity (Wildman–Crippen MR) is 51.8 cm³/mol. The minimum atomic E-state index is -5.31. The van der Waals surface area contributed by atoms with E-state index in [-0.39, 0.29) is 6.20 Å². The monoisotopic (exact) mass is 297 g/mol. The highest BCUT2D eigenvalue weighted by Gasteiger charge is 2.38. The van der Waals surface area contributed by atoms with Crippen molar-refractivity contribution < 1.29 is 31.6 Å². The van der Waals surface area contributed by atoms with Crippen LogP contribution in [0.2, 0.25) is 0 Å². The average molecular weight is 297 g/mol. The number of aromatic nitrogens is 1. The van der Waals surface area contributed by atoms with Gasteiger partial charge in [-0.15, -0.1) is 13.2 Å². The Balaban J connectivity index is 3.53. The van der Waals surface area contributed by atoms with Crippen LogP contribution in [0.4, 0.5) is 27.6 Å². The number of nitro groups is 1. The van der Waals surface area contributed by atoms with Crippen molar-refractivity contribution in [1.82, 2.24) is 4.98 Å². The molecule has 0 saturated carbocycles. The maximum Gasteiger partial charge on any atom is 0.573 e. The number of ether oxygens (including phenoxy) is 1. The number of hydrogen-bond acceptors (Lipinski definition) is 5. The molecule has 0 amide bonds. The smallest absolute Gasteiger partial charge is 0.403 e. The molecule has 0 aliphatic heterocycles. The van der Waals surface area contributed by atoms with Crippen LogP contribution in [0.3, 0.4) is 0 Å². The van der Waals surface area contributed by atoms with Gasteiger partial charge >= 0.3 is 12.0 Å². The number of nitriles is 1. The highest BCUT2D eigenvalue weighted by Crippen LogP contribution is 2.40. The summed E-state index contributed by atoms with van der Waals surface area (Å²) in [7, 11) is 0. The van der Waals surface area contributed by atoms with Gasteiger partial charge in [-0.1, -0.05) is 0 Å². The predicted octanol–water partition coefficient (Wildman–Crippen LogP) is 2.89. The molecule has 0 aliphatic rings. The Kier molecular flexibility index (Phi) is 4.38. The molecule has 0 unspecified atom stereocenters. The number of nitrogens with zero attached hydrogens (tertiary/aromatic N) is 3. The maximum absolute atomic E-state index is 12.8. The third-order valence-electron chi connectivity index (χ3n) is 2.00. The van der Waals surface area contributed by atoms with E-state index in [0.29, 0.717) is 0 Å². The zero-order valence-corrected chi connectivity index (χ0v) is 9.32. The topological polar surface area (TPSA) is 89.0 Å². The second-order valence-electron chi connectivity index (χ2n) is 3.27. The number of alkyl halides is 5. The van der Waals surface area contributed by atoms with Crippen LogP contribution >= 0.6 is 0 Å². The SMILES string of the molecule is N#CCc1ncc(OC(F)(F)F)c(C(F)F)c1[N+](=O)[O-]. The summed E-state index contributed by atoms with van der Waals surface area (Å²) in [6.45, 7) is 0. The van der Waals surface area contributed by atoms with Crippen molar-refractivity contribution >= 4 is 5.69 Å². The lowest BCUT2D eigenvalue weighted by atomic mass is 10.1. The molecule has 0 atom stereocenters. The van der Waals surface area contributed by atoms with E-state index in [1.807, 2.05) is 0 Å². The van der Waals surface area contributed by atoms with Crippen molar-refractivity contribution in [2.75, 3.05) is 0 Å². The van der Waals surface area contributed by atoms with Gasteiger partial charge in [-0.05, 0) is 0 Å². The molecule has 1 rings (SSSR count). The Morgan fingerprint density at radius 3 is 2.50 bits per heavy atom. The van der Waals surface area contributed by atoms with Crippen LogP contribution in [0.25, 0.3) is 0 Å². The van der Waals surface area contributed by atoms with Crippen molar-refractivity contribution in [3.8, 4) is 11.8 Å². The molecule has 0 bridgehead atoms. The summed E-state index contributed by atoms with van der Waals surface area (Å²) in [6, 6.07) is 1.44. The average Bonchev–Trinajstić information content (AvgIpc) is 2.28. The van der Waals surface area contributed by atoms with Crippen LogP contribution in [0, 0.1) is 21.4 Å². The lowest BCUT2D eigenvalue weighted by Gasteiger charge is -2.13. The largest absolute Gasteiger partial charge is 0.573 e. The van der Waals surface area contributed by atoms with Crippen LogP contribution in [0.1, 0.15) is 17.7 Å². The molecule has 0 saturated heterocycles. The number of hydrogen-bond donors (Lipinski definition) is 0. The van der Waals surface area contributed by atoms with Crippen molar-refractivity contribution in [2.24, 2.45) is 0 Å². The van der Waals surface area contributed by atoms with E-state index in [1.165, 1.54) is 6.07 Å². The molecule has 1 aromatic heterocycles. The summed E-state index contributed by atoms with van der Waals surface area (Å²) in [5, 5.41) is 19.1. The first-order valence-corrected chi connectivity index (χ1v) is 4.74. The molecule has 108 valence electrons. The number of halogens is 5. The Morgan fingerprint density at radius 2 is 2.10 bits per heavy atom. The van der Waals surface area contributed by atoms with Gasteiger partial charge in [0.25, 0.3) is 6.43 Å². The number of rotatable bonds is 4. The van der Waals surface area contributed by atoms with Crippen molar-refractivity contribution in [2.45, 2.75) is 19.2 Å². The number of pyridine rings is 1. The molecule has 11 heteroatoms. The second-order valence-corrected chi connectivity index (χ2v) is 3.27. The molecule has 0 aliphatic carbocycles. The summed E-state index contributed by atoms with van der Waals surface area (Å²) < 4.78 is 65.0. The zero-order valence-electron chi connectivity index (χ0n) is 9.32. The third kappa shape index (κ3) is 3.50. The van der Waals surface area contributed by atoms with Gasteiger partial charge in [0.05, 0.1) is 23.6 Å². The van der Waals surface area contributed by atoms with Gasteiger partial charge in [0, 0.05) is 0 Å². The van der Waals surface area contributed by atoms with Crippen LogP contribution in [-0.4, -0.2) is 16.3 Å². The Hall–Kier alpha value is -2.51. The summed E-state index contributed by atoms with van der Waals surface area (Å²) in [4.78, 5) is 12.6. The molecule has 0 N–H and O–H groups in total. The standard InChI is InChI=1S/C9H4F5N3O3/c10-8(11)6-5(20-9(12,13)14)3-16-4(1-2-15)7(6)17(18)19/h3,8H,1H2. The van der Waals surface area contributed by atoms with E-state index in [1.54, 1.807) is 0 Å². The van der Waals surface area contributed by atoms with E-state index in [0.717, 1.165) is 0 Å². The molecular formula is C9H4F5N3O3. The van der Waals surface area contributed by atoms with Crippen LogP contribution < -0.4 is 4.74 Å². The molecule has 0 aromatic carbocycles. The minimum absolute atomic E-state index is 0.272. The summed E-state index contributed by atoms with van der Waals surface area (Å²) >= 11 is 0. The fraction of sp³-hybridized carbons (Fsp3) is 0.333. The van der Waals surface area contributed by atoms with Crippen molar-refractivity contribution in [3.63, 3.8) is 0 Å². The van der Waals surface area contributed by atoms with Gasteiger partial charge < -0.3 is 4.74 Å². The normalized spacial score (nSPS) is 11.2. The quantitative estimate of drug-likeness (QED) is 0.484. The van der Waals surface area contributed by atoms with Gasteiger partial charge in [-0.25, -0.2) is 13.8 Å². The van der Waals surface area contributed by atoms with Crippen LogP contribution in [-0.2, 0) is 6.42 Å². The van der Waals surface area contributed by atoms with Crippen molar-refractivity contribution in [3.05, 3.63) is 27.6 Å². The van der Waals surface area contributed by atoms with E-state index >= 15 is 0 Å². The van der Waals surface area contributed by atoms with Gasteiger partial charge in [0.15, 0.2) is 5.75 Å². The van der Waals surface area contributed by atoms with Gasteiger partial charge in [-0.2, -0.15) is 5.26 Å². The zero-order chi connectivity index (χ0) is 15.5. The first-order valence-electron chi connectivity index (χ1n) is 4.74. The van der Waals surface area contributed by atoms with Gasteiger partial charge in [0.1, 0.15) is 11.3 Å². The molecule has 0 spiro atoms. The molecule has 0 fully saturated rings. The lowest BCUT2D eigenvalue weighted by molar-refractivity contribution is -0.387. The fourth-order valence-corrected chi connectivity index (χ4v) is 1.36. The third-order valence-corrected chi connectivity index (χ3v) is 2.00. The maximum atomic E-state index is 12.8. The molecule has 0 radical (unpaired) electrons. The van der Waals surface area contributed by atoms with Gasteiger partial charge in [0.2, 0.25) is 0 Å². The second kappa shape index (κ2) is 5.64. The molecule has 1 heterocycles. The van der Waals surface area contributed by atoms with Crippen LogP contribution in [0.5, 0.6) is 5.75 Å². The summed E-state index contributed by atoms with van der Waals surface area (Å²) in [5.41, 5.74) is -3.59. The highest BCUT2D eigenvalue weighted by atomic mass is 19.4. The Labute approximate surface area is 107 Å². The fourth-order valence-electron chi connectivity index (χ4n) is 1.36. The lowest BCUT2D eigenvalue weighted by Crippen LogP contribution is -2.19. The van der Waals surface area contributed by atoms with E-state index in [4.69, 9.17) is 5.26 Å². The Morgan fingerprint density at radius 1 is 1.50 bits per heavy atom. The van der Waals surface area contributed by atoms with E-state index in [9.17, 15) is 32.1 Å². The van der Waals surface area contributed by atoms with E-state index in [2.05, 4.69) is 9.72 Å². The molecular weight excluding hydrogens is 293 g/mol. The Bertz CT molecular complexity index is 567. The summed E-state index contributed by atoms with van der Waals surface area (Å²) in [5.74, 6) is -1.47. The first kappa shape index (κ1) is 15.5. The van der Waals surface area contributed by atoms with E-state index < -0.39 is 46.8 Å². The van der Waals surface area contributed by atoms with Crippen LogP contribution in [0.15, 0.2) is 6.20 Å². The minimum Gasteiger partial charge on any atom is -0.403 e. The first-order chi connectivity index (χ1) is 9.17. The highest BCUT2D eigenvalue weighted by molar-refractivity contribution is 5.53. The van der Waals surface area contributed by atoms with Crippen molar-refractivity contribution in [1.29, 1.82) is 5.26 Å². The van der Waals surface area contributed by atoms with Gasteiger partial charge in [-0.3, -0.25) is 10.1 Å². The molecule has 20 heavy (non-hydrogen) atoms. The molecule has 6 nitrogen and oxygen atoms in total. The summed E-state index contributed by atoms with van der Waals surface area (Å²) in [6.07, 6.45) is -9.35.